The molecule has 3 rings (SSSR count). The number of nitrogens with one attached hydrogen (secondary N) is 2. The third-order valence-corrected chi connectivity index (χ3v) is 4.76. The van der Waals surface area contributed by atoms with Crippen LogP contribution in [0.15, 0.2) is 95.7 Å². The highest BCUT2D eigenvalue weighted by Crippen LogP contribution is 2.36. The Labute approximate surface area is 203 Å². The molecule has 178 valence electrons. The van der Waals surface area contributed by atoms with E-state index < -0.39 is 11.8 Å². The highest BCUT2D eigenvalue weighted by molar-refractivity contribution is 6.03. The molecule has 0 radical (unpaired) electrons. The fraction of sp³-hybridized carbons (Fsp3) is 0.0741. The van der Waals surface area contributed by atoms with E-state index in [-0.39, 0.29) is 22.9 Å². The van der Waals surface area contributed by atoms with Gasteiger partial charge in [-0.15, -0.1) is 0 Å². The number of carbonyl (C=O) groups excluding carboxylic acids is 2. The molecule has 0 aliphatic heterocycles. The number of aromatic hydroxyl groups is 1. The van der Waals surface area contributed by atoms with Crippen molar-refractivity contribution < 1.29 is 24.2 Å². The number of benzene rings is 3. The summed E-state index contributed by atoms with van der Waals surface area (Å²) >= 11 is 0. The van der Waals surface area contributed by atoms with E-state index in [9.17, 15) is 14.7 Å². The van der Waals surface area contributed by atoms with E-state index in [1.54, 1.807) is 42.5 Å². The van der Waals surface area contributed by atoms with Crippen LogP contribution >= 0.6 is 0 Å². The van der Waals surface area contributed by atoms with Crippen LogP contribution in [0.3, 0.4) is 0 Å². The summed E-state index contributed by atoms with van der Waals surface area (Å²) in [6.07, 6.45) is 6.32. The Kier molecular flexibility index (Phi) is 8.79. The molecular weight excluding hydrogens is 446 g/mol. The van der Waals surface area contributed by atoms with Crippen molar-refractivity contribution >= 4 is 24.1 Å². The lowest BCUT2D eigenvalue weighted by atomic mass is 10.2. The first kappa shape index (κ1) is 24.8. The van der Waals surface area contributed by atoms with Crippen LogP contribution in [0.4, 0.5) is 0 Å². The third kappa shape index (κ3) is 7.06. The molecule has 35 heavy (non-hydrogen) atoms. The van der Waals surface area contributed by atoms with Gasteiger partial charge in [0.15, 0.2) is 11.5 Å². The van der Waals surface area contributed by atoms with Gasteiger partial charge in [-0.3, -0.25) is 9.59 Å². The van der Waals surface area contributed by atoms with Gasteiger partial charge in [0.1, 0.15) is 5.70 Å². The summed E-state index contributed by atoms with van der Waals surface area (Å²) in [7, 11) is 2.82. The zero-order valence-electron chi connectivity index (χ0n) is 19.3. The normalized spacial score (nSPS) is 11.4. The molecule has 0 saturated heterocycles. The van der Waals surface area contributed by atoms with Crippen LogP contribution < -0.4 is 20.2 Å². The average molecular weight is 472 g/mol. The van der Waals surface area contributed by atoms with Crippen molar-refractivity contribution in [2.75, 3.05) is 14.2 Å². The van der Waals surface area contributed by atoms with E-state index in [2.05, 4.69) is 15.8 Å². The van der Waals surface area contributed by atoms with Gasteiger partial charge in [-0.05, 0) is 35.9 Å². The average Bonchev–Trinajstić information content (AvgIpc) is 2.89. The third-order valence-electron chi connectivity index (χ3n) is 4.76. The molecule has 0 saturated carbocycles. The summed E-state index contributed by atoms with van der Waals surface area (Å²) in [5.74, 6) is -0.814. The molecule has 0 atom stereocenters. The molecule has 2 amide bonds. The fourth-order valence-electron chi connectivity index (χ4n) is 2.99. The van der Waals surface area contributed by atoms with Gasteiger partial charge < -0.3 is 19.9 Å². The maximum atomic E-state index is 12.8. The van der Waals surface area contributed by atoms with E-state index in [1.807, 2.05) is 30.3 Å². The Morgan fingerprint density at radius 1 is 0.886 bits per heavy atom. The summed E-state index contributed by atoms with van der Waals surface area (Å²) in [5.41, 5.74) is 4.26. The molecule has 3 aromatic carbocycles. The number of methoxy groups -OCH3 is 2. The number of hydrogen-bond acceptors (Lipinski definition) is 6. The van der Waals surface area contributed by atoms with Gasteiger partial charge >= 0.3 is 0 Å². The molecule has 8 heteroatoms. The van der Waals surface area contributed by atoms with Gasteiger partial charge in [-0.25, -0.2) is 5.43 Å². The second kappa shape index (κ2) is 12.4. The molecule has 0 unspecified atom stereocenters. The van der Waals surface area contributed by atoms with E-state index >= 15 is 0 Å². The van der Waals surface area contributed by atoms with Gasteiger partial charge in [-0.2, -0.15) is 5.10 Å². The second-order valence-corrected chi connectivity index (χ2v) is 7.14. The Balaban J connectivity index is 1.78. The summed E-state index contributed by atoms with van der Waals surface area (Å²) in [6, 6.07) is 21.2. The van der Waals surface area contributed by atoms with Crippen molar-refractivity contribution in [3.05, 3.63) is 107 Å². The zero-order valence-corrected chi connectivity index (χ0v) is 19.3. The van der Waals surface area contributed by atoms with Crippen molar-refractivity contribution in [2.24, 2.45) is 5.10 Å². The number of rotatable bonds is 9. The molecule has 8 nitrogen and oxygen atoms in total. The maximum absolute atomic E-state index is 12.8. The number of hydrazone groups is 1. The van der Waals surface area contributed by atoms with Gasteiger partial charge in [0.05, 0.1) is 20.4 Å². The number of phenols is 1. The zero-order chi connectivity index (χ0) is 25.0. The maximum Gasteiger partial charge on any atom is 0.287 e. The predicted octanol–water partition coefficient (Wildman–Crippen LogP) is 3.89. The van der Waals surface area contributed by atoms with E-state index in [0.717, 1.165) is 5.56 Å². The van der Waals surface area contributed by atoms with Crippen molar-refractivity contribution in [1.29, 1.82) is 0 Å². The van der Waals surface area contributed by atoms with Crippen LogP contribution in [-0.2, 0) is 4.79 Å². The van der Waals surface area contributed by atoms with E-state index in [0.29, 0.717) is 11.1 Å². The number of phenolic OH excluding ortho intramolecular Hbond substituents is 1. The lowest BCUT2D eigenvalue weighted by Crippen LogP contribution is -2.32. The monoisotopic (exact) mass is 471 g/mol. The van der Waals surface area contributed by atoms with Crippen LogP contribution in [0.5, 0.6) is 17.2 Å². The van der Waals surface area contributed by atoms with Crippen molar-refractivity contribution in [1.82, 2.24) is 10.7 Å². The molecule has 0 aliphatic carbocycles. The van der Waals surface area contributed by atoms with Gasteiger partial charge in [-0.1, -0.05) is 60.7 Å². The molecule has 0 heterocycles. The quantitative estimate of drug-likeness (QED) is 0.190. The summed E-state index contributed by atoms with van der Waals surface area (Å²) < 4.78 is 10.2. The molecule has 0 aromatic heterocycles. The number of allylic oxidation sites excluding steroid dienone is 2. The van der Waals surface area contributed by atoms with Crippen LogP contribution in [0.2, 0.25) is 0 Å². The number of ether oxygens (including phenoxy) is 2. The Morgan fingerprint density at radius 2 is 1.49 bits per heavy atom. The largest absolute Gasteiger partial charge is 0.502 e. The Hall–Kier alpha value is -4.85. The minimum Gasteiger partial charge on any atom is -0.502 e. The van der Waals surface area contributed by atoms with E-state index in [1.165, 1.54) is 38.6 Å². The first-order valence-electron chi connectivity index (χ1n) is 10.6. The van der Waals surface area contributed by atoms with Gasteiger partial charge in [0.2, 0.25) is 5.75 Å². The smallest absolute Gasteiger partial charge is 0.287 e. The van der Waals surface area contributed by atoms with Crippen LogP contribution in [0.1, 0.15) is 21.5 Å². The summed E-state index contributed by atoms with van der Waals surface area (Å²) in [5, 5.41) is 16.6. The molecule has 0 aliphatic rings. The Morgan fingerprint density at radius 3 is 2.09 bits per heavy atom. The predicted molar refractivity (Wildman–Crippen MR) is 134 cm³/mol. The highest BCUT2D eigenvalue weighted by Gasteiger charge is 2.14. The minimum absolute atomic E-state index is 0.00375. The SMILES string of the molecule is COc1cc(/C=N/NC(=O)/C(=C/C=C/c2ccccc2)NC(=O)c2ccccc2)cc(OC)c1O. The van der Waals surface area contributed by atoms with Crippen LogP contribution in [0, 0.1) is 0 Å². The van der Waals surface area contributed by atoms with Crippen molar-refractivity contribution in [3.8, 4) is 17.2 Å². The topological polar surface area (TPSA) is 109 Å². The number of nitrogens with zero attached hydrogens (tertiary/aromatic N) is 1. The first-order chi connectivity index (χ1) is 17.0. The molecular formula is C27H25N3O5. The molecule has 0 fully saturated rings. The van der Waals surface area contributed by atoms with Crippen LogP contribution in [0.25, 0.3) is 6.08 Å². The highest BCUT2D eigenvalue weighted by atomic mass is 16.5. The molecule has 3 aromatic rings. The van der Waals surface area contributed by atoms with Crippen molar-refractivity contribution in [3.63, 3.8) is 0 Å². The number of carbonyl (C=O) groups is 2. The first-order valence-corrected chi connectivity index (χ1v) is 10.6. The Bertz CT molecular complexity index is 1230. The lowest BCUT2D eigenvalue weighted by Gasteiger charge is -2.10. The van der Waals surface area contributed by atoms with Gasteiger partial charge in [0, 0.05) is 11.1 Å². The van der Waals surface area contributed by atoms with Gasteiger partial charge in [0.25, 0.3) is 11.8 Å². The fourth-order valence-corrected chi connectivity index (χ4v) is 2.99. The molecule has 0 spiro atoms. The van der Waals surface area contributed by atoms with Crippen LogP contribution in [-0.4, -0.2) is 37.4 Å². The van der Waals surface area contributed by atoms with E-state index in [4.69, 9.17) is 9.47 Å². The summed E-state index contributed by atoms with van der Waals surface area (Å²) in [4.78, 5) is 25.4. The summed E-state index contributed by atoms with van der Waals surface area (Å²) in [6.45, 7) is 0. The molecule has 0 bridgehead atoms. The minimum atomic E-state index is -0.624. The number of hydrogen-bond donors (Lipinski definition) is 3. The molecule has 3 N–H and O–H groups in total. The lowest BCUT2D eigenvalue weighted by molar-refractivity contribution is -0.117. The standard InChI is InChI=1S/C27H25N3O5/c1-34-23-16-20(17-24(35-2)25(23)31)18-28-30-27(33)22(15-9-12-19-10-5-3-6-11-19)29-26(32)21-13-7-4-8-14-21/h3-18,31H,1-2H3,(H,29,32)(H,30,33)/b12-9+,22-15-,28-18+. The van der Waals surface area contributed by atoms with Crippen molar-refractivity contribution in [2.45, 2.75) is 0 Å². The number of amides is 2. The second-order valence-electron chi connectivity index (χ2n) is 7.14.